The van der Waals surface area contributed by atoms with Crippen molar-refractivity contribution in [3.05, 3.63) is 204 Å². The Morgan fingerprint density at radius 2 is 1.09 bits per heavy atom. The van der Waals surface area contributed by atoms with E-state index in [1.165, 1.54) is 55.8 Å². The molecule has 0 amide bonds. The van der Waals surface area contributed by atoms with Crippen molar-refractivity contribution in [2.24, 2.45) is 0 Å². The number of benzene rings is 8. The number of ether oxygens (including phenoxy) is 1. The van der Waals surface area contributed by atoms with E-state index in [-0.39, 0.29) is 10.8 Å². The Bertz CT molecular complexity index is 2960. The fraction of sp³-hybridized carbons (Fsp3) is 0.127. The molecule has 2 aliphatic heterocycles. The lowest BCUT2D eigenvalue weighted by Gasteiger charge is -2.45. The average molecular weight is 749 g/mol. The first-order valence-corrected chi connectivity index (χ1v) is 20.4. The van der Waals surface area contributed by atoms with Crippen molar-refractivity contribution in [2.45, 2.75) is 45.4 Å². The summed E-state index contributed by atoms with van der Waals surface area (Å²) in [5.74, 6) is 1.76. The topological polar surface area (TPSA) is 15.7 Å². The highest BCUT2D eigenvalue weighted by atomic mass is 16.5. The fourth-order valence-electron chi connectivity index (χ4n) is 9.99. The van der Waals surface area contributed by atoms with Gasteiger partial charge in [-0.05, 0) is 117 Å². The summed E-state index contributed by atoms with van der Waals surface area (Å²) in [6, 6.07) is 64.4. The maximum absolute atomic E-state index is 6.89. The van der Waals surface area contributed by atoms with E-state index in [1.807, 2.05) is 0 Å². The first-order valence-electron chi connectivity index (χ1n) is 20.4. The molecule has 0 fully saturated rings. The highest BCUT2D eigenvalue weighted by molar-refractivity contribution is 5.96. The maximum Gasteiger partial charge on any atom is 0.152 e. The zero-order chi connectivity index (χ0) is 39.3. The highest BCUT2D eigenvalue weighted by Gasteiger charge is 2.42. The van der Waals surface area contributed by atoms with Gasteiger partial charge in [0.1, 0.15) is 0 Å². The zero-order valence-corrected chi connectivity index (χ0v) is 33.5. The molecule has 280 valence electrons. The van der Waals surface area contributed by atoms with Crippen molar-refractivity contribution in [2.75, 3.05) is 9.80 Å². The standard InChI is InChI=1S/C55H44N2O/c1-35-17-15-28-50-52(35)57-49-27-14-12-25-45(49)55(4,5)47-32-38(33-51(58-50)53(47)57)37-20-16-21-39(31-37)56(48-26-13-10-22-41(48)36-18-7-6-8-19-36)40-29-30-43-42-23-9-11-24-44(42)54(2,3)46(43)34-40/h6-34H,1-5H3. The summed E-state index contributed by atoms with van der Waals surface area (Å²) in [6.45, 7) is 11.6. The molecular weight excluding hydrogens is 705 g/mol. The van der Waals surface area contributed by atoms with Crippen LogP contribution in [0.25, 0.3) is 33.4 Å². The van der Waals surface area contributed by atoms with Gasteiger partial charge in [-0.15, -0.1) is 0 Å². The summed E-state index contributed by atoms with van der Waals surface area (Å²) in [7, 11) is 0. The molecular formula is C55H44N2O. The number of nitrogens with zero attached hydrogens (tertiary/aromatic N) is 2. The van der Waals surface area contributed by atoms with Gasteiger partial charge in [-0.3, -0.25) is 0 Å². The third-order valence-corrected chi connectivity index (χ3v) is 12.9. The van der Waals surface area contributed by atoms with Crippen LogP contribution in [0.4, 0.5) is 34.1 Å². The number of aryl methyl sites for hydroxylation is 1. The number of hydrogen-bond donors (Lipinski definition) is 0. The van der Waals surface area contributed by atoms with Crippen LogP contribution in [0.5, 0.6) is 11.5 Å². The van der Waals surface area contributed by atoms with Gasteiger partial charge < -0.3 is 14.5 Å². The van der Waals surface area contributed by atoms with Crippen LogP contribution in [-0.4, -0.2) is 0 Å². The summed E-state index contributed by atoms with van der Waals surface area (Å²) < 4.78 is 6.89. The van der Waals surface area contributed by atoms with Crippen molar-refractivity contribution in [3.8, 4) is 44.9 Å². The van der Waals surface area contributed by atoms with Crippen molar-refractivity contribution >= 4 is 34.1 Å². The first kappa shape index (κ1) is 34.4. The van der Waals surface area contributed by atoms with Crippen LogP contribution in [0.15, 0.2) is 176 Å². The molecule has 3 nitrogen and oxygen atoms in total. The summed E-state index contributed by atoms with van der Waals surface area (Å²) in [5.41, 5.74) is 20.1. The molecule has 3 aliphatic rings. The molecule has 0 unspecified atom stereocenters. The van der Waals surface area contributed by atoms with Gasteiger partial charge in [-0.2, -0.15) is 0 Å². The third kappa shape index (κ3) is 4.99. The molecule has 0 N–H and O–H groups in total. The minimum absolute atomic E-state index is 0.130. The lowest BCUT2D eigenvalue weighted by Crippen LogP contribution is -2.32. The predicted molar refractivity (Wildman–Crippen MR) is 241 cm³/mol. The molecule has 8 aromatic carbocycles. The minimum Gasteiger partial charge on any atom is -0.453 e. The van der Waals surface area contributed by atoms with Crippen molar-refractivity contribution in [3.63, 3.8) is 0 Å². The van der Waals surface area contributed by atoms with Gasteiger partial charge in [-0.25, -0.2) is 0 Å². The molecule has 58 heavy (non-hydrogen) atoms. The van der Waals surface area contributed by atoms with E-state index in [0.29, 0.717) is 0 Å². The second kappa shape index (κ2) is 12.6. The van der Waals surface area contributed by atoms with Crippen molar-refractivity contribution in [1.82, 2.24) is 0 Å². The van der Waals surface area contributed by atoms with E-state index in [9.17, 15) is 0 Å². The Hall–Kier alpha value is -6.84. The van der Waals surface area contributed by atoms with Crippen LogP contribution in [0.2, 0.25) is 0 Å². The van der Waals surface area contributed by atoms with Gasteiger partial charge >= 0.3 is 0 Å². The molecule has 0 atom stereocenters. The number of fused-ring (bicyclic) bond motifs is 7. The maximum atomic E-state index is 6.89. The minimum atomic E-state index is -0.260. The Morgan fingerprint density at radius 1 is 0.431 bits per heavy atom. The second-order valence-electron chi connectivity index (χ2n) is 17.0. The lowest BCUT2D eigenvalue weighted by molar-refractivity contribution is 0.471. The Balaban J connectivity index is 1.11. The van der Waals surface area contributed by atoms with E-state index < -0.39 is 0 Å². The largest absolute Gasteiger partial charge is 0.453 e. The second-order valence-corrected chi connectivity index (χ2v) is 17.0. The summed E-state index contributed by atoms with van der Waals surface area (Å²) >= 11 is 0. The lowest BCUT2D eigenvalue weighted by atomic mass is 9.72. The summed E-state index contributed by atoms with van der Waals surface area (Å²) in [5, 5.41) is 0. The van der Waals surface area contributed by atoms with Crippen LogP contribution >= 0.6 is 0 Å². The first-order chi connectivity index (χ1) is 28.2. The predicted octanol–water partition coefficient (Wildman–Crippen LogP) is 15.3. The number of anilines is 6. The normalized spacial score (nSPS) is 14.7. The Morgan fingerprint density at radius 3 is 1.93 bits per heavy atom. The van der Waals surface area contributed by atoms with Crippen LogP contribution in [0.3, 0.4) is 0 Å². The number of hydrogen-bond acceptors (Lipinski definition) is 3. The average Bonchev–Trinajstić information content (AvgIpc) is 3.48. The van der Waals surface area contributed by atoms with Gasteiger partial charge in [0.05, 0.1) is 22.7 Å². The van der Waals surface area contributed by atoms with Gasteiger partial charge in [0, 0.05) is 27.8 Å². The van der Waals surface area contributed by atoms with E-state index in [0.717, 1.165) is 51.1 Å². The van der Waals surface area contributed by atoms with Gasteiger partial charge in [-0.1, -0.05) is 149 Å². The molecule has 3 heteroatoms. The number of para-hydroxylation sites is 3. The summed E-state index contributed by atoms with van der Waals surface area (Å²) in [6.07, 6.45) is 0. The highest BCUT2D eigenvalue weighted by Crippen LogP contribution is 2.61. The molecule has 0 aromatic heterocycles. The van der Waals surface area contributed by atoms with Gasteiger partial charge in [0.15, 0.2) is 11.5 Å². The molecule has 8 aromatic rings. The van der Waals surface area contributed by atoms with Crippen LogP contribution in [0.1, 0.15) is 55.5 Å². The zero-order valence-electron chi connectivity index (χ0n) is 33.5. The fourth-order valence-corrected chi connectivity index (χ4v) is 9.99. The van der Waals surface area contributed by atoms with E-state index in [2.05, 4.69) is 220 Å². The molecule has 2 heterocycles. The molecule has 0 saturated heterocycles. The van der Waals surface area contributed by atoms with E-state index >= 15 is 0 Å². The van der Waals surface area contributed by atoms with Crippen molar-refractivity contribution in [1.29, 1.82) is 0 Å². The quantitative estimate of drug-likeness (QED) is 0.174. The van der Waals surface area contributed by atoms with E-state index in [4.69, 9.17) is 4.74 Å². The molecule has 11 rings (SSSR count). The smallest absolute Gasteiger partial charge is 0.152 e. The molecule has 0 spiro atoms. The van der Waals surface area contributed by atoms with Crippen LogP contribution < -0.4 is 14.5 Å². The van der Waals surface area contributed by atoms with Gasteiger partial charge in [0.2, 0.25) is 0 Å². The number of rotatable bonds is 5. The van der Waals surface area contributed by atoms with E-state index in [1.54, 1.807) is 0 Å². The van der Waals surface area contributed by atoms with Crippen LogP contribution in [-0.2, 0) is 10.8 Å². The van der Waals surface area contributed by atoms with Crippen molar-refractivity contribution < 1.29 is 4.74 Å². The Kier molecular flexibility index (Phi) is 7.46. The van der Waals surface area contributed by atoms with Gasteiger partial charge in [0.25, 0.3) is 0 Å². The molecule has 0 radical (unpaired) electrons. The monoisotopic (exact) mass is 748 g/mol. The third-order valence-electron chi connectivity index (χ3n) is 12.9. The Labute approximate surface area is 341 Å². The molecule has 1 aliphatic carbocycles. The van der Waals surface area contributed by atoms with Crippen LogP contribution in [0, 0.1) is 6.92 Å². The molecule has 0 bridgehead atoms. The summed E-state index contributed by atoms with van der Waals surface area (Å²) in [4.78, 5) is 4.89. The SMILES string of the molecule is Cc1cccc2c1N1c3ccccc3C(C)(C)c3cc(-c4cccc(N(c5ccc6c(c5)C(C)(C)c5ccccc5-6)c5ccccc5-c5ccccc5)c4)cc(c31)O2. The molecule has 0 saturated carbocycles.